The largest absolute Gasteiger partial charge is 0.353 e. The lowest BCUT2D eigenvalue weighted by atomic mass is 9.81. The molecule has 0 saturated heterocycles. The number of carbonyl (C=O) groups is 2. The van der Waals surface area contributed by atoms with E-state index in [1.807, 2.05) is 6.07 Å². The molecular weight excluding hydrogens is 475 g/mol. The number of allylic oxidation sites excluding steroid dienone is 3. The van der Waals surface area contributed by atoms with Crippen LogP contribution in [0.15, 0.2) is 64.3 Å². The van der Waals surface area contributed by atoms with Crippen molar-refractivity contribution in [2.45, 2.75) is 19.8 Å². The Kier molecular flexibility index (Phi) is 7.51. The quantitative estimate of drug-likeness (QED) is 0.464. The Labute approximate surface area is 199 Å². The number of benzene rings is 2. The second-order valence-corrected chi connectivity index (χ2v) is 9.08. The van der Waals surface area contributed by atoms with E-state index < -0.39 is 5.92 Å². The summed E-state index contributed by atoms with van der Waals surface area (Å²) in [5, 5.41) is 14.7. The van der Waals surface area contributed by atoms with Crippen LogP contribution in [0, 0.1) is 11.3 Å². The van der Waals surface area contributed by atoms with Gasteiger partial charge in [0, 0.05) is 21.9 Å². The number of nitrogens with zero attached hydrogens (tertiary/aromatic N) is 1. The van der Waals surface area contributed by atoms with Crippen LogP contribution in [0.25, 0.3) is 0 Å². The first kappa shape index (κ1) is 23.4. The van der Waals surface area contributed by atoms with Gasteiger partial charge in [-0.1, -0.05) is 64.8 Å². The van der Waals surface area contributed by atoms with Crippen LogP contribution in [0.4, 0.5) is 0 Å². The molecule has 158 valence electrons. The maximum Gasteiger partial charge on any atom is 0.173 e. The highest BCUT2D eigenvalue weighted by Crippen LogP contribution is 2.43. The Bertz CT molecular complexity index is 1180. The van der Waals surface area contributed by atoms with Crippen molar-refractivity contribution < 1.29 is 9.59 Å². The molecule has 1 aliphatic rings. The van der Waals surface area contributed by atoms with Crippen molar-refractivity contribution >= 4 is 58.1 Å². The molecule has 3 rings (SSSR count). The maximum atomic E-state index is 12.7. The highest BCUT2D eigenvalue weighted by molar-refractivity contribution is 8.03. The molecule has 1 atom stereocenters. The number of thioether (sulfide) groups is 1. The third kappa shape index (κ3) is 4.99. The molecule has 1 N–H and O–H groups in total. The molecule has 0 saturated carbocycles. The monoisotopic (exact) mass is 490 g/mol. The zero-order valence-corrected chi connectivity index (χ0v) is 19.7. The van der Waals surface area contributed by atoms with Gasteiger partial charge in [-0.3, -0.25) is 9.59 Å². The molecule has 0 aromatic heterocycles. The Morgan fingerprint density at radius 2 is 1.81 bits per heavy atom. The number of carbonyl (C=O) groups excluding carboxylic acids is 2. The molecule has 0 spiro atoms. The smallest absolute Gasteiger partial charge is 0.173 e. The molecule has 2 aromatic rings. The Morgan fingerprint density at radius 3 is 2.42 bits per heavy atom. The summed E-state index contributed by atoms with van der Waals surface area (Å²) >= 11 is 19.5. The Balaban J connectivity index is 1.97. The molecule has 0 radical (unpaired) electrons. The standard InChI is InChI=1S/C23H17Cl3N2O2S/c1-12-21(13(2)29)22(15-5-3-4-6-17(15)24)16(10-27)23(28-12)31-11-20(30)14-7-8-18(25)19(26)9-14/h3-9,22,28H,11H2,1-2H3. The normalized spacial score (nSPS) is 16.1. The molecule has 1 aliphatic heterocycles. The molecular formula is C23H17Cl3N2O2S. The number of hydrogen-bond donors (Lipinski definition) is 1. The lowest BCUT2D eigenvalue weighted by molar-refractivity contribution is -0.113. The summed E-state index contributed by atoms with van der Waals surface area (Å²) in [5.41, 5.74) is 2.54. The summed E-state index contributed by atoms with van der Waals surface area (Å²) < 4.78 is 0. The lowest BCUT2D eigenvalue weighted by Gasteiger charge is -2.29. The van der Waals surface area contributed by atoms with Gasteiger partial charge in [0.05, 0.1) is 38.4 Å². The van der Waals surface area contributed by atoms with Gasteiger partial charge in [0.25, 0.3) is 0 Å². The molecule has 0 amide bonds. The number of hydrogen-bond acceptors (Lipinski definition) is 5. The van der Waals surface area contributed by atoms with Crippen molar-refractivity contribution in [2.24, 2.45) is 0 Å². The average Bonchev–Trinajstić information content (AvgIpc) is 2.73. The Morgan fingerprint density at radius 1 is 1.10 bits per heavy atom. The summed E-state index contributed by atoms with van der Waals surface area (Å²) in [5.74, 6) is -0.856. The fourth-order valence-electron chi connectivity index (χ4n) is 3.40. The van der Waals surface area contributed by atoms with Crippen molar-refractivity contribution in [1.82, 2.24) is 5.32 Å². The summed E-state index contributed by atoms with van der Waals surface area (Å²) in [4.78, 5) is 25.1. The van der Waals surface area contributed by atoms with Gasteiger partial charge < -0.3 is 5.32 Å². The molecule has 2 aromatic carbocycles. The number of ketones is 2. The van der Waals surface area contributed by atoms with Crippen molar-refractivity contribution in [1.29, 1.82) is 5.26 Å². The summed E-state index contributed by atoms with van der Waals surface area (Å²) in [6.07, 6.45) is 0. The number of dihydropyridines is 1. The van der Waals surface area contributed by atoms with Crippen LogP contribution in [-0.4, -0.2) is 17.3 Å². The first-order valence-corrected chi connectivity index (χ1v) is 11.3. The van der Waals surface area contributed by atoms with Crippen molar-refractivity contribution in [3.63, 3.8) is 0 Å². The van der Waals surface area contributed by atoms with Gasteiger partial charge >= 0.3 is 0 Å². The number of Topliss-reactive ketones (excluding diaryl/α,β-unsaturated/α-hetero) is 2. The van der Waals surface area contributed by atoms with Gasteiger partial charge in [0.1, 0.15) is 0 Å². The van der Waals surface area contributed by atoms with Gasteiger partial charge in [-0.15, -0.1) is 0 Å². The fourth-order valence-corrected chi connectivity index (χ4v) is 4.93. The van der Waals surface area contributed by atoms with E-state index >= 15 is 0 Å². The molecule has 0 fully saturated rings. The number of halogens is 3. The Hall–Kier alpha value is -2.23. The van der Waals surface area contributed by atoms with Crippen LogP contribution >= 0.6 is 46.6 Å². The van der Waals surface area contributed by atoms with Crippen LogP contribution in [0.5, 0.6) is 0 Å². The van der Waals surface area contributed by atoms with Gasteiger partial charge in [-0.2, -0.15) is 5.26 Å². The van der Waals surface area contributed by atoms with Crippen molar-refractivity contribution in [3.8, 4) is 6.07 Å². The zero-order chi connectivity index (χ0) is 22.7. The van der Waals surface area contributed by atoms with E-state index in [1.165, 1.54) is 24.8 Å². The molecule has 8 heteroatoms. The third-order valence-electron chi connectivity index (χ3n) is 4.83. The highest BCUT2D eigenvalue weighted by atomic mass is 35.5. The van der Waals surface area contributed by atoms with Crippen molar-refractivity contribution in [2.75, 3.05) is 5.75 Å². The lowest BCUT2D eigenvalue weighted by Crippen LogP contribution is -2.27. The van der Waals surface area contributed by atoms with Crippen LogP contribution < -0.4 is 5.32 Å². The molecule has 31 heavy (non-hydrogen) atoms. The predicted octanol–water partition coefficient (Wildman–Crippen LogP) is 6.55. The first-order chi connectivity index (χ1) is 14.7. The average molecular weight is 492 g/mol. The minimum Gasteiger partial charge on any atom is -0.353 e. The summed E-state index contributed by atoms with van der Waals surface area (Å²) in [7, 11) is 0. The molecule has 0 aliphatic carbocycles. The first-order valence-electron chi connectivity index (χ1n) is 9.23. The van der Waals surface area contributed by atoms with Gasteiger partial charge in [-0.25, -0.2) is 0 Å². The van der Waals surface area contributed by atoms with Crippen LogP contribution in [-0.2, 0) is 4.79 Å². The summed E-state index contributed by atoms with van der Waals surface area (Å²) in [6, 6.07) is 14.0. The van der Waals surface area contributed by atoms with Gasteiger partial charge in [-0.05, 0) is 43.7 Å². The zero-order valence-electron chi connectivity index (χ0n) is 16.6. The van der Waals surface area contributed by atoms with Crippen LogP contribution in [0.3, 0.4) is 0 Å². The number of rotatable bonds is 6. The van der Waals surface area contributed by atoms with Crippen molar-refractivity contribution in [3.05, 3.63) is 90.5 Å². The maximum absolute atomic E-state index is 12.7. The second-order valence-electron chi connectivity index (χ2n) is 6.87. The second kappa shape index (κ2) is 9.93. The molecule has 0 bridgehead atoms. The van der Waals surface area contributed by atoms with E-state index in [1.54, 1.807) is 37.3 Å². The SMILES string of the molecule is CC(=O)C1=C(C)NC(SCC(=O)c2ccc(Cl)c(Cl)c2)=C(C#N)C1c1ccccc1Cl. The van der Waals surface area contributed by atoms with E-state index in [0.29, 0.717) is 48.1 Å². The number of nitriles is 1. The third-order valence-corrected chi connectivity index (χ3v) is 6.93. The van der Waals surface area contributed by atoms with E-state index in [0.717, 1.165) is 0 Å². The van der Waals surface area contributed by atoms with E-state index in [4.69, 9.17) is 34.8 Å². The predicted molar refractivity (Wildman–Crippen MR) is 127 cm³/mol. The molecule has 1 heterocycles. The van der Waals surface area contributed by atoms with Crippen LogP contribution in [0.1, 0.15) is 35.7 Å². The summed E-state index contributed by atoms with van der Waals surface area (Å²) in [6.45, 7) is 3.24. The van der Waals surface area contributed by atoms with E-state index in [2.05, 4.69) is 11.4 Å². The molecule has 1 unspecified atom stereocenters. The van der Waals surface area contributed by atoms with Gasteiger partial charge in [0.2, 0.25) is 0 Å². The minimum atomic E-state index is -0.611. The van der Waals surface area contributed by atoms with Crippen LogP contribution in [0.2, 0.25) is 15.1 Å². The highest BCUT2D eigenvalue weighted by Gasteiger charge is 2.34. The van der Waals surface area contributed by atoms with E-state index in [-0.39, 0.29) is 17.3 Å². The van der Waals surface area contributed by atoms with E-state index in [9.17, 15) is 14.9 Å². The minimum absolute atomic E-state index is 0.0728. The fraction of sp³-hybridized carbons (Fsp3) is 0.174. The van der Waals surface area contributed by atoms with Gasteiger partial charge in [0.15, 0.2) is 11.6 Å². The molecule has 4 nitrogen and oxygen atoms in total. The number of nitrogens with one attached hydrogen (secondary N) is 1. The topological polar surface area (TPSA) is 70.0 Å².